The Balaban J connectivity index is 0.000000198. The van der Waals surface area contributed by atoms with Gasteiger partial charge in [0, 0.05) is 37.1 Å². The number of nitrogens with zero attached hydrogens (tertiary/aromatic N) is 2. The Kier molecular flexibility index (Phi) is 7.95. The molecule has 0 unspecified atom stereocenters. The van der Waals surface area contributed by atoms with Gasteiger partial charge in [-0.25, -0.2) is 0 Å². The summed E-state index contributed by atoms with van der Waals surface area (Å²) >= 11 is 0. The van der Waals surface area contributed by atoms with Crippen LogP contribution < -0.4 is 5.19 Å². The maximum atomic E-state index is 5.86. The minimum atomic E-state index is -1.38. The molecule has 3 nitrogen and oxygen atoms in total. The molecule has 5 heteroatoms. The number of para-hydroxylation sites is 1. The van der Waals surface area contributed by atoms with E-state index in [1.165, 1.54) is 5.19 Å². The van der Waals surface area contributed by atoms with Crippen LogP contribution in [0.5, 0.6) is 0 Å². The number of aromatic nitrogens is 2. The van der Waals surface area contributed by atoms with Crippen LogP contribution in [0.1, 0.15) is 0 Å². The van der Waals surface area contributed by atoms with Crippen LogP contribution >= 0.6 is 0 Å². The largest absolute Gasteiger partial charge is 0.455 e. The van der Waals surface area contributed by atoms with Gasteiger partial charge in [-0.15, -0.1) is 70.9 Å². The quantitative estimate of drug-likeness (QED) is 0.145. The molecule has 0 bridgehead atoms. The van der Waals surface area contributed by atoms with Gasteiger partial charge < -0.3 is 14.4 Å². The second-order valence-electron chi connectivity index (χ2n) is 9.38. The summed E-state index contributed by atoms with van der Waals surface area (Å²) in [5.41, 5.74) is 5.75. The molecule has 6 rings (SSSR count). The van der Waals surface area contributed by atoms with Crippen molar-refractivity contribution in [2.45, 2.75) is 19.6 Å². The number of hydrogen-bond donors (Lipinski definition) is 0. The van der Waals surface area contributed by atoms with Gasteiger partial charge in [-0.2, -0.15) is 0 Å². The maximum absolute atomic E-state index is 5.86. The third-order valence-electron chi connectivity index (χ3n) is 5.79. The van der Waals surface area contributed by atoms with Gasteiger partial charge in [-0.3, -0.25) is 0 Å². The molecule has 0 fully saturated rings. The second-order valence-corrected chi connectivity index (χ2v) is 14.4. The molecule has 3 aromatic heterocycles. The molecule has 6 aromatic rings. The molecule has 3 aromatic carbocycles. The fourth-order valence-electron chi connectivity index (χ4n) is 3.91. The van der Waals surface area contributed by atoms with Crippen LogP contribution in [0, 0.1) is 12.1 Å². The van der Waals surface area contributed by atoms with E-state index in [1.807, 2.05) is 66.9 Å². The van der Waals surface area contributed by atoms with Crippen LogP contribution in [0.4, 0.5) is 0 Å². The molecular formula is C31H26IrN2OSi-2. The van der Waals surface area contributed by atoms with Gasteiger partial charge in [0.2, 0.25) is 0 Å². The standard InChI is InChI=1S/C20H18NOSi.C11H8N.Ir/c1-23(2,3)15-8-6-7-14(11-15)18-12-17-16-9-4-5-10-19(16)22-20(17)13-21-18;1-2-6-10(7-3-1)11-8-4-5-9-12-11;/h4-10,12-13H,1-3H3;1-6,8-9H;/q2*-1;. The number of fused-ring (bicyclic) bond motifs is 3. The average molecular weight is 663 g/mol. The molecule has 0 saturated heterocycles. The van der Waals surface area contributed by atoms with E-state index in [0.717, 1.165) is 44.5 Å². The predicted molar refractivity (Wildman–Crippen MR) is 147 cm³/mol. The second kappa shape index (κ2) is 11.1. The summed E-state index contributed by atoms with van der Waals surface area (Å²) < 4.78 is 5.86. The molecule has 0 atom stereocenters. The van der Waals surface area contributed by atoms with E-state index >= 15 is 0 Å². The van der Waals surface area contributed by atoms with E-state index in [2.05, 4.69) is 72.1 Å². The van der Waals surface area contributed by atoms with Gasteiger partial charge in [0.25, 0.3) is 0 Å². The molecule has 0 amide bonds. The van der Waals surface area contributed by atoms with Gasteiger partial charge in [0.05, 0.1) is 14.3 Å². The van der Waals surface area contributed by atoms with Crippen molar-refractivity contribution in [2.75, 3.05) is 0 Å². The molecular weight excluding hydrogens is 637 g/mol. The normalized spacial score (nSPS) is 11.0. The summed E-state index contributed by atoms with van der Waals surface area (Å²) in [5, 5.41) is 3.57. The van der Waals surface area contributed by atoms with E-state index in [-0.39, 0.29) is 20.1 Å². The summed E-state index contributed by atoms with van der Waals surface area (Å²) in [6, 6.07) is 37.0. The average Bonchev–Trinajstić information content (AvgIpc) is 3.28. The Labute approximate surface area is 226 Å². The van der Waals surface area contributed by atoms with E-state index in [9.17, 15) is 0 Å². The van der Waals surface area contributed by atoms with Crippen LogP contribution in [0.25, 0.3) is 44.5 Å². The zero-order valence-corrected chi connectivity index (χ0v) is 23.8. The molecule has 0 saturated carbocycles. The van der Waals surface area contributed by atoms with E-state index in [0.29, 0.717) is 0 Å². The van der Waals surface area contributed by atoms with Crippen LogP contribution in [0.3, 0.4) is 0 Å². The first-order valence-electron chi connectivity index (χ1n) is 11.7. The SMILES string of the molecule is C[Si](C)(C)c1[c-]c(-c2cc3c(cn2)oc2ccccc23)ccc1.[Ir].[c-]1ccccc1-c1ccccn1. The van der Waals surface area contributed by atoms with Crippen LogP contribution in [0.2, 0.25) is 19.6 Å². The molecule has 1 radical (unpaired) electrons. The van der Waals surface area contributed by atoms with E-state index in [1.54, 1.807) is 6.20 Å². The first-order chi connectivity index (χ1) is 17.0. The molecule has 0 N–H and O–H groups in total. The molecule has 181 valence electrons. The van der Waals surface area contributed by atoms with E-state index < -0.39 is 8.07 Å². The van der Waals surface area contributed by atoms with Gasteiger partial charge in [0.15, 0.2) is 5.58 Å². The minimum absolute atomic E-state index is 0. The zero-order chi connectivity index (χ0) is 24.3. The maximum Gasteiger partial charge on any atom is 0.151 e. The van der Waals surface area contributed by atoms with Crippen molar-refractivity contribution in [3.8, 4) is 22.5 Å². The van der Waals surface area contributed by atoms with Crippen molar-refractivity contribution >= 4 is 35.2 Å². The summed E-state index contributed by atoms with van der Waals surface area (Å²) in [6.45, 7) is 7.01. The Morgan fingerprint density at radius 2 is 1.47 bits per heavy atom. The van der Waals surface area contributed by atoms with Gasteiger partial charge >= 0.3 is 0 Å². The van der Waals surface area contributed by atoms with Crippen molar-refractivity contribution in [3.05, 3.63) is 116 Å². The van der Waals surface area contributed by atoms with Crippen LogP contribution in [0.15, 0.2) is 108 Å². The van der Waals surface area contributed by atoms with Gasteiger partial charge in [0.1, 0.15) is 5.58 Å². The number of hydrogen-bond acceptors (Lipinski definition) is 3. The van der Waals surface area contributed by atoms with Crippen molar-refractivity contribution in [1.82, 2.24) is 9.97 Å². The van der Waals surface area contributed by atoms with Crippen molar-refractivity contribution in [1.29, 1.82) is 0 Å². The molecule has 3 heterocycles. The van der Waals surface area contributed by atoms with Gasteiger partial charge in [-0.1, -0.05) is 56.0 Å². The molecule has 36 heavy (non-hydrogen) atoms. The smallest absolute Gasteiger partial charge is 0.151 e. The third kappa shape index (κ3) is 5.71. The van der Waals surface area contributed by atoms with Crippen molar-refractivity contribution in [3.63, 3.8) is 0 Å². The van der Waals surface area contributed by atoms with Crippen molar-refractivity contribution < 1.29 is 24.5 Å². The molecule has 0 spiro atoms. The summed E-state index contributed by atoms with van der Waals surface area (Å²) in [7, 11) is -1.38. The Hall–Kier alpha value is -3.37. The number of furan rings is 1. The molecule has 0 aliphatic carbocycles. The van der Waals surface area contributed by atoms with Crippen LogP contribution in [-0.2, 0) is 20.1 Å². The summed E-state index contributed by atoms with van der Waals surface area (Å²) in [4.78, 5) is 8.80. The Morgan fingerprint density at radius 1 is 0.694 bits per heavy atom. The Bertz CT molecular complexity index is 1540. The van der Waals surface area contributed by atoms with E-state index in [4.69, 9.17) is 4.42 Å². The fraction of sp³-hybridized carbons (Fsp3) is 0.0968. The van der Waals surface area contributed by atoms with Gasteiger partial charge in [-0.05, 0) is 23.5 Å². The topological polar surface area (TPSA) is 38.9 Å². The van der Waals surface area contributed by atoms with Crippen molar-refractivity contribution in [2.24, 2.45) is 0 Å². The fourth-order valence-corrected chi connectivity index (χ4v) is 5.02. The monoisotopic (exact) mass is 663 g/mol. The zero-order valence-electron chi connectivity index (χ0n) is 20.5. The minimum Gasteiger partial charge on any atom is -0.455 e. The molecule has 0 aliphatic heterocycles. The summed E-state index contributed by atoms with van der Waals surface area (Å²) in [5.74, 6) is 0. The summed E-state index contributed by atoms with van der Waals surface area (Å²) in [6.07, 6.45) is 3.61. The number of benzene rings is 3. The predicted octanol–water partition coefficient (Wildman–Crippen LogP) is 7.54. The first-order valence-corrected chi connectivity index (χ1v) is 15.2. The number of pyridine rings is 2. The first kappa shape index (κ1) is 25.7. The number of rotatable bonds is 3. The molecule has 0 aliphatic rings. The van der Waals surface area contributed by atoms with Crippen LogP contribution in [-0.4, -0.2) is 18.0 Å². The Morgan fingerprint density at radius 3 is 2.22 bits per heavy atom. The third-order valence-corrected chi connectivity index (χ3v) is 7.70.